The van der Waals surface area contributed by atoms with E-state index in [0.717, 1.165) is 25.7 Å². The summed E-state index contributed by atoms with van der Waals surface area (Å²) in [5.74, 6) is -0.976. The van der Waals surface area contributed by atoms with E-state index in [0.29, 0.717) is 26.1 Å². The fourth-order valence-electron chi connectivity index (χ4n) is 2.33. The molecule has 0 aromatic rings. The Morgan fingerprint density at radius 1 is 1.40 bits per heavy atom. The Labute approximate surface area is 120 Å². The average molecular weight is 286 g/mol. The zero-order chi connectivity index (χ0) is 15.0. The number of amides is 2. The molecule has 2 amide bonds. The van der Waals surface area contributed by atoms with E-state index in [1.165, 1.54) is 0 Å². The normalized spacial score (nSPS) is 20.5. The van der Waals surface area contributed by atoms with Gasteiger partial charge >= 0.3 is 12.0 Å². The van der Waals surface area contributed by atoms with Crippen molar-refractivity contribution in [2.24, 2.45) is 0 Å². The lowest BCUT2D eigenvalue weighted by Gasteiger charge is -2.33. The first-order chi connectivity index (χ1) is 9.58. The molecule has 0 bridgehead atoms. The number of nitrogens with zero attached hydrogens (tertiary/aromatic N) is 1. The lowest BCUT2D eigenvalue weighted by Crippen LogP contribution is -2.52. The highest BCUT2D eigenvalue weighted by atomic mass is 16.5. The summed E-state index contributed by atoms with van der Waals surface area (Å²) in [6, 6.07) is -1.10. The van der Waals surface area contributed by atoms with E-state index < -0.39 is 12.0 Å². The molecule has 0 saturated carbocycles. The lowest BCUT2D eigenvalue weighted by molar-refractivity contribution is -0.139. The number of piperidine rings is 1. The van der Waals surface area contributed by atoms with Crippen LogP contribution in [0.3, 0.4) is 0 Å². The van der Waals surface area contributed by atoms with Crippen molar-refractivity contribution in [3.63, 3.8) is 0 Å². The fourth-order valence-corrected chi connectivity index (χ4v) is 2.33. The fraction of sp³-hybridized carbons (Fsp3) is 0.857. The van der Waals surface area contributed by atoms with Gasteiger partial charge in [-0.3, -0.25) is 0 Å². The molecule has 2 N–H and O–H groups in total. The van der Waals surface area contributed by atoms with Crippen molar-refractivity contribution in [3.8, 4) is 0 Å². The molecule has 0 aliphatic carbocycles. The highest BCUT2D eigenvalue weighted by Gasteiger charge is 2.27. The van der Waals surface area contributed by atoms with Crippen molar-refractivity contribution in [2.45, 2.75) is 58.1 Å². The van der Waals surface area contributed by atoms with Gasteiger partial charge in [0.2, 0.25) is 0 Å². The SMILES string of the molecule is CCCOC1CCCN(C(=O)N[C@H](CCC)C(=O)O)C1. The molecule has 1 fully saturated rings. The molecule has 1 aliphatic rings. The molecule has 6 heteroatoms. The number of carbonyl (C=O) groups excluding carboxylic acids is 1. The first kappa shape index (κ1) is 16.8. The Balaban J connectivity index is 2.46. The zero-order valence-electron chi connectivity index (χ0n) is 12.4. The van der Waals surface area contributed by atoms with Crippen molar-refractivity contribution in [2.75, 3.05) is 19.7 Å². The van der Waals surface area contributed by atoms with Crippen molar-refractivity contribution >= 4 is 12.0 Å². The quantitative estimate of drug-likeness (QED) is 0.748. The van der Waals surface area contributed by atoms with Crippen molar-refractivity contribution in [3.05, 3.63) is 0 Å². The van der Waals surface area contributed by atoms with Crippen LogP contribution in [0, 0.1) is 0 Å². The van der Waals surface area contributed by atoms with Gasteiger partial charge in [0.1, 0.15) is 6.04 Å². The van der Waals surface area contributed by atoms with Crippen molar-refractivity contribution < 1.29 is 19.4 Å². The number of hydrogen-bond donors (Lipinski definition) is 2. The standard InChI is InChI=1S/C14H26N2O4/c1-3-6-12(13(17)18)15-14(19)16-8-5-7-11(10-16)20-9-4-2/h11-12H,3-10H2,1-2H3,(H,15,19)(H,17,18)/t11?,12-/m1/s1. The average Bonchev–Trinajstić information content (AvgIpc) is 2.44. The molecule has 2 atom stereocenters. The van der Waals surface area contributed by atoms with Crippen LogP contribution < -0.4 is 5.32 Å². The van der Waals surface area contributed by atoms with E-state index in [1.807, 2.05) is 6.92 Å². The molecule has 0 aromatic carbocycles. The summed E-state index contributed by atoms with van der Waals surface area (Å²) in [4.78, 5) is 24.8. The van der Waals surface area contributed by atoms with Crippen LogP contribution in [0.25, 0.3) is 0 Å². The number of urea groups is 1. The molecule has 1 aliphatic heterocycles. The van der Waals surface area contributed by atoms with E-state index in [1.54, 1.807) is 4.90 Å². The second-order valence-corrected chi connectivity index (χ2v) is 5.21. The molecular weight excluding hydrogens is 260 g/mol. The Hall–Kier alpha value is -1.30. The number of carbonyl (C=O) groups is 2. The van der Waals surface area contributed by atoms with Gasteiger partial charge in [0.05, 0.1) is 6.10 Å². The number of likely N-dealkylation sites (tertiary alicyclic amines) is 1. The molecule has 1 unspecified atom stereocenters. The van der Waals surface area contributed by atoms with Gasteiger partial charge in [0.25, 0.3) is 0 Å². The van der Waals surface area contributed by atoms with Gasteiger partial charge in [0.15, 0.2) is 0 Å². The number of carboxylic acid groups (broad SMARTS) is 1. The second kappa shape index (κ2) is 8.79. The van der Waals surface area contributed by atoms with Gasteiger partial charge in [0, 0.05) is 19.7 Å². The number of aliphatic carboxylic acids is 1. The van der Waals surface area contributed by atoms with Crippen LogP contribution in [0.4, 0.5) is 4.79 Å². The topological polar surface area (TPSA) is 78.9 Å². The summed E-state index contributed by atoms with van der Waals surface area (Å²) in [6.45, 7) is 5.86. The summed E-state index contributed by atoms with van der Waals surface area (Å²) in [6.07, 6.45) is 4.06. The minimum absolute atomic E-state index is 0.0731. The van der Waals surface area contributed by atoms with Crippen LogP contribution in [-0.4, -0.2) is 53.8 Å². The summed E-state index contributed by atoms with van der Waals surface area (Å²) in [5.41, 5.74) is 0. The molecule has 0 radical (unpaired) electrons. The first-order valence-electron chi connectivity index (χ1n) is 7.48. The van der Waals surface area contributed by atoms with Crippen LogP contribution in [0.2, 0.25) is 0 Å². The van der Waals surface area contributed by atoms with E-state index in [9.17, 15) is 9.59 Å². The first-order valence-corrected chi connectivity index (χ1v) is 7.48. The smallest absolute Gasteiger partial charge is 0.326 e. The van der Waals surface area contributed by atoms with Crippen LogP contribution in [0.5, 0.6) is 0 Å². The van der Waals surface area contributed by atoms with Crippen molar-refractivity contribution in [1.29, 1.82) is 0 Å². The molecule has 6 nitrogen and oxygen atoms in total. The molecule has 0 spiro atoms. The van der Waals surface area contributed by atoms with Crippen LogP contribution in [0.15, 0.2) is 0 Å². The molecule has 1 rings (SSSR count). The van der Waals surface area contributed by atoms with Crippen LogP contribution >= 0.6 is 0 Å². The number of rotatable bonds is 7. The van der Waals surface area contributed by atoms with E-state index in [-0.39, 0.29) is 12.1 Å². The zero-order valence-corrected chi connectivity index (χ0v) is 12.4. The Morgan fingerprint density at radius 2 is 2.15 bits per heavy atom. The Kier molecular flexibility index (Phi) is 7.36. The van der Waals surface area contributed by atoms with Crippen molar-refractivity contribution in [1.82, 2.24) is 10.2 Å². The van der Waals surface area contributed by atoms with Gasteiger partial charge in [-0.2, -0.15) is 0 Å². The minimum Gasteiger partial charge on any atom is -0.480 e. The molecule has 1 heterocycles. The Morgan fingerprint density at radius 3 is 2.75 bits per heavy atom. The maximum Gasteiger partial charge on any atom is 0.326 e. The number of hydrogen-bond acceptors (Lipinski definition) is 3. The molecule has 116 valence electrons. The number of ether oxygens (including phenoxy) is 1. The summed E-state index contributed by atoms with van der Waals surface area (Å²) in [5, 5.41) is 11.7. The summed E-state index contributed by atoms with van der Waals surface area (Å²) >= 11 is 0. The Bertz CT molecular complexity index is 322. The molecule has 0 aromatic heterocycles. The van der Waals surface area contributed by atoms with E-state index in [2.05, 4.69) is 12.2 Å². The monoisotopic (exact) mass is 286 g/mol. The molecule has 1 saturated heterocycles. The van der Waals surface area contributed by atoms with E-state index in [4.69, 9.17) is 9.84 Å². The largest absolute Gasteiger partial charge is 0.480 e. The predicted molar refractivity (Wildman–Crippen MR) is 75.7 cm³/mol. The highest BCUT2D eigenvalue weighted by Crippen LogP contribution is 2.14. The van der Waals surface area contributed by atoms with Gasteiger partial charge < -0.3 is 20.1 Å². The summed E-state index contributed by atoms with van der Waals surface area (Å²) in [7, 11) is 0. The van der Waals surface area contributed by atoms with Crippen LogP contribution in [0.1, 0.15) is 46.0 Å². The van der Waals surface area contributed by atoms with Gasteiger partial charge in [-0.1, -0.05) is 20.3 Å². The van der Waals surface area contributed by atoms with Gasteiger partial charge in [-0.05, 0) is 25.7 Å². The molecular formula is C14H26N2O4. The minimum atomic E-state index is -0.976. The summed E-state index contributed by atoms with van der Waals surface area (Å²) < 4.78 is 5.67. The van der Waals surface area contributed by atoms with Gasteiger partial charge in [-0.15, -0.1) is 0 Å². The maximum absolute atomic E-state index is 12.1. The third-order valence-electron chi connectivity index (χ3n) is 3.40. The lowest BCUT2D eigenvalue weighted by atomic mass is 10.1. The highest BCUT2D eigenvalue weighted by molar-refractivity contribution is 5.82. The number of nitrogens with one attached hydrogen (secondary N) is 1. The second-order valence-electron chi connectivity index (χ2n) is 5.21. The maximum atomic E-state index is 12.1. The third kappa shape index (κ3) is 5.36. The number of carboxylic acids is 1. The third-order valence-corrected chi connectivity index (χ3v) is 3.40. The van der Waals surface area contributed by atoms with Gasteiger partial charge in [-0.25, -0.2) is 9.59 Å². The molecule has 20 heavy (non-hydrogen) atoms. The predicted octanol–water partition coefficient (Wildman–Crippen LogP) is 1.84. The van der Waals surface area contributed by atoms with Crippen LogP contribution in [-0.2, 0) is 9.53 Å². The van der Waals surface area contributed by atoms with E-state index >= 15 is 0 Å².